The van der Waals surface area contributed by atoms with Crippen molar-refractivity contribution in [1.29, 1.82) is 0 Å². The molecule has 1 atom stereocenters. The van der Waals surface area contributed by atoms with Gasteiger partial charge >= 0.3 is 5.97 Å². The minimum absolute atomic E-state index is 0.267. The highest BCUT2D eigenvalue weighted by molar-refractivity contribution is 5.99. The van der Waals surface area contributed by atoms with Crippen molar-refractivity contribution in [3.8, 4) is 11.5 Å². The van der Waals surface area contributed by atoms with Crippen LogP contribution < -0.4 is 14.8 Å². The van der Waals surface area contributed by atoms with Crippen molar-refractivity contribution in [3.63, 3.8) is 0 Å². The van der Waals surface area contributed by atoms with Crippen LogP contribution in [0.5, 0.6) is 11.5 Å². The Labute approximate surface area is 111 Å². The SMILES string of the molecule is CCC(NC(=O)c1ccc(OC)cc1OC)C(=O)O. The molecule has 0 bridgehead atoms. The van der Waals surface area contributed by atoms with E-state index in [1.54, 1.807) is 19.1 Å². The molecule has 0 saturated carbocycles. The molecule has 0 aliphatic rings. The number of aliphatic carboxylic acids is 1. The quantitative estimate of drug-likeness (QED) is 0.811. The van der Waals surface area contributed by atoms with Gasteiger partial charge in [0.25, 0.3) is 5.91 Å². The summed E-state index contributed by atoms with van der Waals surface area (Å²) in [7, 11) is 2.94. The van der Waals surface area contributed by atoms with Crippen LogP contribution >= 0.6 is 0 Å². The average molecular weight is 267 g/mol. The Morgan fingerprint density at radius 1 is 1.32 bits per heavy atom. The van der Waals surface area contributed by atoms with Gasteiger partial charge in [-0.1, -0.05) is 6.92 Å². The minimum Gasteiger partial charge on any atom is -0.497 e. The third kappa shape index (κ3) is 3.61. The van der Waals surface area contributed by atoms with E-state index in [1.807, 2.05) is 0 Å². The molecule has 1 aromatic rings. The number of nitrogens with one attached hydrogen (secondary N) is 1. The maximum absolute atomic E-state index is 12.0. The standard InChI is InChI=1S/C13H17NO5/c1-4-10(13(16)17)14-12(15)9-6-5-8(18-2)7-11(9)19-3/h5-7,10H,4H2,1-3H3,(H,14,15)(H,16,17). The molecule has 6 nitrogen and oxygen atoms in total. The molecule has 0 heterocycles. The van der Waals surface area contributed by atoms with Gasteiger partial charge in [0.05, 0.1) is 19.8 Å². The van der Waals surface area contributed by atoms with Crippen molar-refractivity contribution in [3.05, 3.63) is 23.8 Å². The lowest BCUT2D eigenvalue weighted by molar-refractivity contribution is -0.139. The highest BCUT2D eigenvalue weighted by Gasteiger charge is 2.20. The first kappa shape index (κ1) is 14.8. The topological polar surface area (TPSA) is 84.9 Å². The minimum atomic E-state index is -1.07. The van der Waals surface area contributed by atoms with Gasteiger partial charge in [-0.15, -0.1) is 0 Å². The number of methoxy groups -OCH3 is 2. The number of hydrogen-bond donors (Lipinski definition) is 2. The van der Waals surface area contributed by atoms with E-state index < -0.39 is 17.9 Å². The van der Waals surface area contributed by atoms with Crippen molar-refractivity contribution >= 4 is 11.9 Å². The molecule has 1 aromatic carbocycles. The molecule has 0 spiro atoms. The van der Waals surface area contributed by atoms with Crippen LogP contribution in [0.2, 0.25) is 0 Å². The highest BCUT2D eigenvalue weighted by atomic mass is 16.5. The van der Waals surface area contributed by atoms with Crippen molar-refractivity contribution < 1.29 is 24.2 Å². The van der Waals surface area contributed by atoms with E-state index in [0.29, 0.717) is 17.9 Å². The van der Waals surface area contributed by atoms with Crippen molar-refractivity contribution in [2.45, 2.75) is 19.4 Å². The third-order valence-electron chi connectivity index (χ3n) is 2.66. The largest absolute Gasteiger partial charge is 0.497 e. The second-order valence-corrected chi connectivity index (χ2v) is 3.84. The predicted molar refractivity (Wildman–Crippen MR) is 68.7 cm³/mol. The van der Waals surface area contributed by atoms with E-state index in [9.17, 15) is 9.59 Å². The lowest BCUT2D eigenvalue weighted by Gasteiger charge is -2.14. The van der Waals surface area contributed by atoms with Crippen molar-refractivity contribution in [2.24, 2.45) is 0 Å². The number of rotatable bonds is 6. The molecule has 1 amide bonds. The number of carboxylic acid groups (broad SMARTS) is 1. The molecule has 1 rings (SSSR count). The molecule has 0 aliphatic carbocycles. The summed E-state index contributed by atoms with van der Waals surface area (Å²) in [5, 5.41) is 11.3. The summed E-state index contributed by atoms with van der Waals surface area (Å²) in [6.07, 6.45) is 0.305. The summed E-state index contributed by atoms with van der Waals surface area (Å²) in [4.78, 5) is 22.9. The van der Waals surface area contributed by atoms with Gasteiger partial charge in [0, 0.05) is 6.07 Å². The second-order valence-electron chi connectivity index (χ2n) is 3.84. The zero-order chi connectivity index (χ0) is 14.4. The van der Waals surface area contributed by atoms with Crippen LogP contribution in [-0.2, 0) is 4.79 Å². The molecular formula is C13H17NO5. The average Bonchev–Trinajstić information content (AvgIpc) is 2.43. The molecule has 19 heavy (non-hydrogen) atoms. The van der Waals surface area contributed by atoms with E-state index in [4.69, 9.17) is 14.6 Å². The van der Waals surface area contributed by atoms with Crippen LogP contribution in [0.15, 0.2) is 18.2 Å². The number of benzene rings is 1. The van der Waals surface area contributed by atoms with Gasteiger partial charge in [-0.25, -0.2) is 4.79 Å². The fourth-order valence-corrected chi connectivity index (χ4v) is 1.56. The fraction of sp³-hybridized carbons (Fsp3) is 0.385. The molecular weight excluding hydrogens is 250 g/mol. The summed E-state index contributed by atoms with van der Waals surface area (Å²) in [6.45, 7) is 1.68. The third-order valence-corrected chi connectivity index (χ3v) is 2.66. The van der Waals surface area contributed by atoms with E-state index in [-0.39, 0.29) is 5.56 Å². The van der Waals surface area contributed by atoms with Gasteiger partial charge in [-0.3, -0.25) is 4.79 Å². The zero-order valence-corrected chi connectivity index (χ0v) is 11.1. The monoisotopic (exact) mass is 267 g/mol. The maximum Gasteiger partial charge on any atom is 0.326 e. The lowest BCUT2D eigenvalue weighted by atomic mass is 10.1. The molecule has 0 fully saturated rings. The van der Waals surface area contributed by atoms with Gasteiger partial charge in [0.1, 0.15) is 17.5 Å². The van der Waals surface area contributed by atoms with Gasteiger partial charge in [0.2, 0.25) is 0 Å². The normalized spacial score (nSPS) is 11.5. The number of ether oxygens (including phenoxy) is 2. The Balaban J connectivity index is 2.96. The van der Waals surface area contributed by atoms with Gasteiger partial charge in [0.15, 0.2) is 0 Å². The van der Waals surface area contributed by atoms with Gasteiger partial charge in [-0.05, 0) is 18.6 Å². The van der Waals surface area contributed by atoms with E-state index in [0.717, 1.165) is 0 Å². The lowest BCUT2D eigenvalue weighted by Crippen LogP contribution is -2.40. The first-order chi connectivity index (χ1) is 9.03. The molecule has 6 heteroatoms. The Bertz CT molecular complexity index is 472. The molecule has 0 aliphatic heterocycles. The zero-order valence-electron chi connectivity index (χ0n) is 11.1. The van der Waals surface area contributed by atoms with Crippen molar-refractivity contribution in [2.75, 3.05) is 14.2 Å². The number of carbonyl (C=O) groups excluding carboxylic acids is 1. The Morgan fingerprint density at radius 3 is 2.47 bits per heavy atom. The predicted octanol–water partition coefficient (Wildman–Crippen LogP) is 1.30. The molecule has 1 unspecified atom stereocenters. The number of hydrogen-bond acceptors (Lipinski definition) is 4. The van der Waals surface area contributed by atoms with Crippen LogP contribution in [0, 0.1) is 0 Å². The first-order valence-electron chi connectivity index (χ1n) is 5.79. The van der Waals surface area contributed by atoms with Crippen LogP contribution in [0.4, 0.5) is 0 Å². The van der Waals surface area contributed by atoms with Gasteiger partial charge in [-0.2, -0.15) is 0 Å². The molecule has 0 radical (unpaired) electrons. The van der Waals surface area contributed by atoms with Crippen LogP contribution in [0.3, 0.4) is 0 Å². The summed E-state index contributed by atoms with van der Waals surface area (Å²) < 4.78 is 10.1. The highest BCUT2D eigenvalue weighted by Crippen LogP contribution is 2.24. The van der Waals surface area contributed by atoms with E-state index >= 15 is 0 Å². The fourth-order valence-electron chi connectivity index (χ4n) is 1.56. The Kier molecular flexibility index (Phi) is 5.17. The number of carboxylic acids is 1. The summed E-state index contributed by atoms with van der Waals surface area (Å²) in [5.41, 5.74) is 0.267. The smallest absolute Gasteiger partial charge is 0.326 e. The van der Waals surface area contributed by atoms with E-state index in [1.165, 1.54) is 20.3 Å². The molecule has 2 N–H and O–H groups in total. The molecule has 104 valence electrons. The van der Waals surface area contributed by atoms with Crippen LogP contribution in [0.1, 0.15) is 23.7 Å². The van der Waals surface area contributed by atoms with Crippen LogP contribution in [0.25, 0.3) is 0 Å². The van der Waals surface area contributed by atoms with Crippen LogP contribution in [-0.4, -0.2) is 37.2 Å². The molecule has 0 aromatic heterocycles. The molecule has 0 saturated heterocycles. The number of carbonyl (C=O) groups is 2. The summed E-state index contributed by atoms with van der Waals surface area (Å²) >= 11 is 0. The first-order valence-corrected chi connectivity index (χ1v) is 5.79. The number of amides is 1. The summed E-state index contributed by atoms with van der Waals surface area (Å²) in [6, 6.07) is 3.79. The Morgan fingerprint density at radius 2 is 2.00 bits per heavy atom. The van der Waals surface area contributed by atoms with E-state index in [2.05, 4.69) is 5.32 Å². The maximum atomic E-state index is 12.0. The summed E-state index contributed by atoms with van der Waals surface area (Å²) in [5.74, 6) is -0.673. The second kappa shape index (κ2) is 6.63. The van der Waals surface area contributed by atoms with Crippen molar-refractivity contribution in [1.82, 2.24) is 5.32 Å². The van der Waals surface area contributed by atoms with Gasteiger partial charge < -0.3 is 19.9 Å². The Hall–Kier alpha value is -2.24.